The van der Waals surface area contributed by atoms with Crippen LogP contribution in [0.4, 0.5) is 0 Å². The van der Waals surface area contributed by atoms with Crippen molar-refractivity contribution in [1.82, 2.24) is 0 Å². The zero-order valence-electron chi connectivity index (χ0n) is 7.77. The molecule has 0 aliphatic heterocycles. The van der Waals surface area contributed by atoms with Gasteiger partial charge in [0, 0.05) is 0 Å². The number of carbonyl (C=O) groups is 2. The maximum atomic E-state index is 11.8. The molecule has 0 fully saturated rings. The van der Waals surface area contributed by atoms with Gasteiger partial charge in [-0.1, -0.05) is 11.6 Å². The van der Waals surface area contributed by atoms with Gasteiger partial charge in [-0.15, -0.1) is 11.3 Å². The van der Waals surface area contributed by atoms with Crippen LogP contribution in [0.2, 0.25) is 5.02 Å². The van der Waals surface area contributed by atoms with Crippen LogP contribution in [0.3, 0.4) is 0 Å². The largest absolute Gasteiger partial charge is 0.475 e. The van der Waals surface area contributed by atoms with Crippen molar-refractivity contribution in [2.24, 2.45) is 0 Å². The van der Waals surface area contributed by atoms with Crippen LogP contribution in [0.25, 0.3) is 0 Å². The third-order valence-electron chi connectivity index (χ3n) is 1.86. The molecular formula is C10H5ClO4S. The first-order chi connectivity index (χ1) is 7.59. The van der Waals surface area contributed by atoms with Crippen LogP contribution < -0.4 is 0 Å². The average Bonchev–Trinajstić information content (AvgIpc) is 2.84. The van der Waals surface area contributed by atoms with Gasteiger partial charge < -0.3 is 9.52 Å². The summed E-state index contributed by atoms with van der Waals surface area (Å²) in [6, 6.07) is 4.15. The van der Waals surface area contributed by atoms with Crippen molar-refractivity contribution in [2.75, 3.05) is 0 Å². The van der Waals surface area contributed by atoms with Crippen LogP contribution in [0.5, 0.6) is 0 Å². The standard InChI is InChI=1S/C10H5ClO4S/c11-5-3-4-16-9(5)8(12)6-1-2-7(15-6)10(13)14/h1-4H,(H,13,14). The van der Waals surface area contributed by atoms with Crippen molar-refractivity contribution in [3.63, 3.8) is 0 Å². The molecule has 0 atom stereocenters. The molecule has 6 heteroatoms. The Morgan fingerprint density at radius 1 is 1.25 bits per heavy atom. The van der Waals surface area contributed by atoms with Crippen LogP contribution in [0.1, 0.15) is 26.0 Å². The van der Waals surface area contributed by atoms with E-state index in [4.69, 9.17) is 21.1 Å². The molecular weight excluding hydrogens is 252 g/mol. The zero-order valence-corrected chi connectivity index (χ0v) is 9.34. The number of hydrogen-bond acceptors (Lipinski definition) is 4. The van der Waals surface area contributed by atoms with Gasteiger partial charge in [-0.3, -0.25) is 4.79 Å². The molecule has 0 saturated carbocycles. The fraction of sp³-hybridized carbons (Fsp3) is 0. The number of ketones is 1. The Kier molecular flexibility index (Phi) is 2.80. The van der Waals surface area contributed by atoms with E-state index in [0.29, 0.717) is 9.90 Å². The van der Waals surface area contributed by atoms with E-state index in [-0.39, 0.29) is 11.5 Å². The second-order valence-electron chi connectivity index (χ2n) is 2.90. The molecule has 4 nitrogen and oxygen atoms in total. The third kappa shape index (κ3) is 1.87. The van der Waals surface area contributed by atoms with E-state index in [1.165, 1.54) is 23.5 Å². The molecule has 0 aromatic carbocycles. The Balaban J connectivity index is 2.35. The number of carboxylic acids is 1. The van der Waals surface area contributed by atoms with Gasteiger partial charge in [0.15, 0.2) is 5.76 Å². The first kappa shape index (κ1) is 10.9. The topological polar surface area (TPSA) is 67.5 Å². The van der Waals surface area contributed by atoms with Gasteiger partial charge in [0.25, 0.3) is 0 Å². The Hall–Kier alpha value is -1.59. The molecule has 82 valence electrons. The van der Waals surface area contributed by atoms with Crippen molar-refractivity contribution in [2.45, 2.75) is 0 Å². The van der Waals surface area contributed by atoms with Crippen molar-refractivity contribution in [1.29, 1.82) is 0 Å². The first-order valence-corrected chi connectivity index (χ1v) is 5.46. The third-order valence-corrected chi connectivity index (χ3v) is 3.20. The average molecular weight is 257 g/mol. The second kappa shape index (κ2) is 4.11. The lowest BCUT2D eigenvalue weighted by Crippen LogP contribution is -1.98. The predicted octanol–water partition coefficient (Wildman–Crippen LogP) is 2.92. The quantitative estimate of drug-likeness (QED) is 0.858. The van der Waals surface area contributed by atoms with Crippen molar-refractivity contribution in [3.05, 3.63) is 45.0 Å². The molecule has 0 radical (unpaired) electrons. The van der Waals surface area contributed by atoms with E-state index in [9.17, 15) is 9.59 Å². The van der Waals surface area contributed by atoms with Crippen LogP contribution in [0, 0.1) is 0 Å². The van der Waals surface area contributed by atoms with Crippen molar-refractivity contribution in [3.8, 4) is 0 Å². The number of carboxylic acid groups (broad SMARTS) is 1. The van der Waals surface area contributed by atoms with E-state index < -0.39 is 11.8 Å². The van der Waals surface area contributed by atoms with Gasteiger partial charge in [0.05, 0.1) is 9.90 Å². The summed E-state index contributed by atoms with van der Waals surface area (Å²) in [6.45, 7) is 0. The molecule has 0 aliphatic rings. The minimum absolute atomic E-state index is 0.0262. The van der Waals surface area contributed by atoms with E-state index >= 15 is 0 Å². The van der Waals surface area contributed by atoms with Crippen LogP contribution >= 0.6 is 22.9 Å². The lowest BCUT2D eigenvalue weighted by atomic mass is 10.2. The number of hydrogen-bond donors (Lipinski definition) is 1. The fourth-order valence-corrected chi connectivity index (χ4v) is 2.23. The van der Waals surface area contributed by atoms with Gasteiger partial charge in [-0.05, 0) is 23.6 Å². The number of halogens is 1. The minimum atomic E-state index is -1.21. The van der Waals surface area contributed by atoms with Gasteiger partial charge in [-0.25, -0.2) is 4.79 Å². The van der Waals surface area contributed by atoms with Gasteiger partial charge in [0.1, 0.15) is 0 Å². The summed E-state index contributed by atoms with van der Waals surface area (Å²) in [5.41, 5.74) is 0. The maximum Gasteiger partial charge on any atom is 0.371 e. The van der Waals surface area contributed by atoms with Gasteiger partial charge in [-0.2, -0.15) is 0 Å². The Labute approximate surface area is 99.1 Å². The Morgan fingerprint density at radius 2 is 1.94 bits per heavy atom. The second-order valence-corrected chi connectivity index (χ2v) is 4.22. The lowest BCUT2D eigenvalue weighted by Gasteiger charge is -1.93. The molecule has 2 aromatic rings. The van der Waals surface area contributed by atoms with E-state index in [1.807, 2.05) is 0 Å². The Bertz CT molecular complexity index is 555. The molecule has 2 aromatic heterocycles. The van der Waals surface area contributed by atoms with Crippen LogP contribution in [0.15, 0.2) is 28.0 Å². The highest BCUT2D eigenvalue weighted by atomic mass is 35.5. The molecule has 0 amide bonds. The maximum absolute atomic E-state index is 11.8. The summed E-state index contributed by atoms with van der Waals surface area (Å²) in [6.07, 6.45) is 0. The Morgan fingerprint density at radius 3 is 2.44 bits per heavy atom. The summed E-state index contributed by atoms with van der Waals surface area (Å²) >= 11 is 6.97. The zero-order chi connectivity index (χ0) is 11.7. The molecule has 0 spiro atoms. The molecule has 16 heavy (non-hydrogen) atoms. The summed E-state index contributed by atoms with van der Waals surface area (Å²) in [5.74, 6) is -1.92. The van der Waals surface area contributed by atoms with Crippen molar-refractivity contribution >= 4 is 34.7 Å². The summed E-state index contributed by atoms with van der Waals surface area (Å²) in [5, 5.41) is 10.7. The molecule has 0 bridgehead atoms. The summed E-state index contributed by atoms with van der Waals surface area (Å²) in [4.78, 5) is 22.7. The molecule has 0 aliphatic carbocycles. The van der Waals surface area contributed by atoms with Crippen LogP contribution in [-0.2, 0) is 0 Å². The number of carbonyl (C=O) groups excluding carboxylic acids is 1. The van der Waals surface area contributed by atoms with Gasteiger partial charge >= 0.3 is 5.97 Å². The van der Waals surface area contributed by atoms with E-state index in [1.54, 1.807) is 11.4 Å². The number of aromatic carboxylic acids is 1. The van der Waals surface area contributed by atoms with E-state index in [2.05, 4.69) is 0 Å². The highest BCUT2D eigenvalue weighted by molar-refractivity contribution is 7.13. The van der Waals surface area contributed by atoms with Gasteiger partial charge in [0.2, 0.25) is 11.5 Å². The molecule has 0 saturated heterocycles. The molecule has 1 N–H and O–H groups in total. The fourth-order valence-electron chi connectivity index (χ4n) is 1.14. The highest BCUT2D eigenvalue weighted by Crippen LogP contribution is 2.25. The summed E-state index contributed by atoms with van der Waals surface area (Å²) in [7, 11) is 0. The normalized spacial score (nSPS) is 10.3. The minimum Gasteiger partial charge on any atom is -0.475 e. The number of rotatable bonds is 3. The SMILES string of the molecule is O=C(O)c1ccc(C(=O)c2sccc2Cl)o1. The predicted molar refractivity (Wildman–Crippen MR) is 58.4 cm³/mol. The molecule has 0 unspecified atom stereocenters. The summed E-state index contributed by atoms with van der Waals surface area (Å²) < 4.78 is 4.88. The van der Waals surface area contributed by atoms with Crippen LogP contribution in [-0.4, -0.2) is 16.9 Å². The smallest absolute Gasteiger partial charge is 0.371 e. The highest BCUT2D eigenvalue weighted by Gasteiger charge is 2.19. The number of furan rings is 1. The molecule has 2 heterocycles. The van der Waals surface area contributed by atoms with E-state index in [0.717, 1.165) is 0 Å². The monoisotopic (exact) mass is 256 g/mol. The molecule has 2 rings (SSSR count). The number of thiophene rings is 1. The first-order valence-electron chi connectivity index (χ1n) is 4.20. The lowest BCUT2D eigenvalue weighted by molar-refractivity contribution is 0.0660. The van der Waals surface area contributed by atoms with Crippen molar-refractivity contribution < 1.29 is 19.1 Å².